The van der Waals surface area contributed by atoms with E-state index >= 15 is 0 Å². The molecule has 0 aliphatic rings. The Bertz CT molecular complexity index is 281. The topological polar surface area (TPSA) is 35.2 Å². The summed E-state index contributed by atoms with van der Waals surface area (Å²) in [4.78, 5) is 0. The summed E-state index contributed by atoms with van der Waals surface area (Å²) in [5, 5.41) is 0. The van der Waals surface area contributed by atoms with E-state index < -0.39 is 0 Å². The molecule has 0 fully saturated rings. The molecule has 0 spiro atoms. The molecule has 0 saturated carbocycles. The molecule has 0 aliphatic heterocycles. The Hall–Kier alpha value is -0.860. The van der Waals surface area contributed by atoms with Crippen LogP contribution < -0.4 is 5.73 Å². The fraction of sp³-hybridized carbons (Fsp3) is 0.538. The van der Waals surface area contributed by atoms with Crippen LogP contribution in [0.1, 0.15) is 37.9 Å². The minimum atomic E-state index is -0.0316. The minimum absolute atomic E-state index is 0.0316. The van der Waals surface area contributed by atoms with Crippen molar-refractivity contribution in [2.24, 2.45) is 5.73 Å². The Morgan fingerprint density at radius 3 is 2.27 bits per heavy atom. The molecule has 2 heteroatoms. The number of nitrogens with two attached hydrogens (primary N) is 1. The van der Waals surface area contributed by atoms with Crippen LogP contribution >= 0.6 is 0 Å². The standard InChI is InChI=1S/C13H21NO/c1-4-11-6-8-12(9-7-11)13(14)10(3)15-5-2/h6-10,13H,4-5,14H2,1-3H3. The van der Waals surface area contributed by atoms with Gasteiger partial charge in [0.15, 0.2) is 0 Å². The number of benzene rings is 1. The molecule has 1 aromatic carbocycles. The van der Waals surface area contributed by atoms with E-state index in [1.165, 1.54) is 5.56 Å². The van der Waals surface area contributed by atoms with E-state index in [9.17, 15) is 0 Å². The smallest absolute Gasteiger partial charge is 0.0739 e. The third-order valence-electron chi connectivity index (χ3n) is 2.71. The molecule has 2 N–H and O–H groups in total. The van der Waals surface area contributed by atoms with Gasteiger partial charge in [0.25, 0.3) is 0 Å². The van der Waals surface area contributed by atoms with E-state index in [1.54, 1.807) is 0 Å². The van der Waals surface area contributed by atoms with Gasteiger partial charge in [-0.1, -0.05) is 31.2 Å². The lowest BCUT2D eigenvalue weighted by Gasteiger charge is -2.20. The Balaban J connectivity index is 2.69. The zero-order valence-corrected chi connectivity index (χ0v) is 9.86. The van der Waals surface area contributed by atoms with Gasteiger partial charge in [0.1, 0.15) is 0 Å². The highest BCUT2D eigenvalue weighted by atomic mass is 16.5. The molecule has 0 amide bonds. The number of rotatable bonds is 5. The summed E-state index contributed by atoms with van der Waals surface area (Å²) in [6, 6.07) is 8.43. The van der Waals surface area contributed by atoms with Crippen molar-refractivity contribution in [3.8, 4) is 0 Å². The molecule has 15 heavy (non-hydrogen) atoms. The van der Waals surface area contributed by atoms with Crippen LogP contribution in [0.2, 0.25) is 0 Å². The van der Waals surface area contributed by atoms with Crippen LogP contribution in [0.15, 0.2) is 24.3 Å². The van der Waals surface area contributed by atoms with Crippen LogP contribution in [-0.4, -0.2) is 12.7 Å². The largest absolute Gasteiger partial charge is 0.377 e. The van der Waals surface area contributed by atoms with E-state index in [-0.39, 0.29) is 12.1 Å². The summed E-state index contributed by atoms with van der Waals surface area (Å²) in [7, 11) is 0. The van der Waals surface area contributed by atoms with Crippen molar-refractivity contribution in [2.75, 3.05) is 6.61 Å². The summed E-state index contributed by atoms with van der Waals surface area (Å²) in [6.07, 6.45) is 1.14. The molecule has 1 rings (SSSR count). The first-order valence-electron chi connectivity index (χ1n) is 5.65. The van der Waals surface area contributed by atoms with Crippen LogP contribution in [0.25, 0.3) is 0 Å². The number of hydrogen-bond acceptors (Lipinski definition) is 2. The van der Waals surface area contributed by atoms with Gasteiger partial charge in [-0.3, -0.25) is 0 Å². The first-order chi connectivity index (χ1) is 7.19. The lowest BCUT2D eigenvalue weighted by atomic mass is 10.0. The summed E-state index contributed by atoms with van der Waals surface area (Å²) >= 11 is 0. The zero-order valence-electron chi connectivity index (χ0n) is 9.86. The monoisotopic (exact) mass is 207 g/mol. The van der Waals surface area contributed by atoms with E-state index in [4.69, 9.17) is 10.5 Å². The van der Waals surface area contributed by atoms with Gasteiger partial charge in [-0.25, -0.2) is 0 Å². The molecule has 0 aromatic heterocycles. The van der Waals surface area contributed by atoms with Gasteiger partial charge in [0.05, 0.1) is 12.1 Å². The molecule has 2 atom stereocenters. The fourth-order valence-electron chi connectivity index (χ4n) is 1.61. The highest BCUT2D eigenvalue weighted by Gasteiger charge is 2.14. The zero-order chi connectivity index (χ0) is 11.3. The summed E-state index contributed by atoms with van der Waals surface area (Å²) in [6.45, 7) is 6.87. The Morgan fingerprint density at radius 2 is 1.80 bits per heavy atom. The maximum atomic E-state index is 6.09. The summed E-state index contributed by atoms with van der Waals surface area (Å²) in [5.74, 6) is 0. The maximum Gasteiger partial charge on any atom is 0.0739 e. The van der Waals surface area contributed by atoms with Crippen molar-refractivity contribution < 1.29 is 4.74 Å². The predicted octanol–water partition coefficient (Wildman–Crippen LogP) is 2.67. The highest BCUT2D eigenvalue weighted by Crippen LogP contribution is 2.17. The Kier molecular flexibility index (Phi) is 4.79. The summed E-state index contributed by atoms with van der Waals surface area (Å²) in [5.41, 5.74) is 8.58. The minimum Gasteiger partial charge on any atom is -0.377 e. The van der Waals surface area contributed by atoms with Crippen LogP contribution in [-0.2, 0) is 11.2 Å². The first-order valence-corrected chi connectivity index (χ1v) is 5.65. The van der Waals surface area contributed by atoms with Crippen molar-refractivity contribution in [1.82, 2.24) is 0 Å². The summed E-state index contributed by atoms with van der Waals surface area (Å²) < 4.78 is 5.49. The maximum absolute atomic E-state index is 6.09. The van der Waals surface area contributed by atoms with Crippen molar-refractivity contribution in [1.29, 1.82) is 0 Å². The number of aryl methyl sites for hydroxylation is 1. The van der Waals surface area contributed by atoms with Crippen LogP contribution in [0.5, 0.6) is 0 Å². The van der Waals surface area contributed by atoms with Crippen molar-refractivity contribution in [3.05, 3.63) is 35.4 Å². The van der Waals surface area contributed by atoms with Gasteiger partial charge >= 0.3 is 0 Å². The van der Waals surface area contributed by atoms with E-state index in [0.29, 0.717) is 6.61 Å². The Labute approximate surface area is 92.4 Å². The SMILES string of the molecule is CCOC(C)C(N)c1ccc(CC)cc1. The quantitative estimate of drug-likeness (QED) is 0.805. The molecular formula is C13H21NO. The second-order valence-electron chi connectivity index (χ2n) is 3.78. The van der Waals surface area contributed by atoms with Gasteiger partial charge in [-0.05, 0) is 31.4 Å². The molecule has 0 radical (unpaired) electrons. The Morgan fingerprint density at radius 1 is 1.20 bits per heavy atom. The molecule has 2 unspecified atom stereocenters. The lowest BCUT2D eigenvalue weighted by molar-refractivity contribution is 0.0574. The van der Waals surface area contributed by atoms with Gasteiger partial charge in [0, 0.05) is 6.61 Å². The molecule has 0 heterocycles. The molecule has 84 valence electrons. The average Bonchev–Trinajstić information content (AvgIpc) is 2.28. The normalized spacial score (nSPS) is 14.9. The molecule has 0 aliphatic carbocycles. The van der Waals surface area contributed by atoms with Gasteiger partial charge in [-0.2, -0.15) is 0 Å². The van der Waals surface area contributed by atoms with Gasteiger partial charge in [0.2, 0.25) is 0 Å². The van der Waals surface area contributed by atoms with Crippen LogP contribution in [0, 0.1) is 0 Å². The second kappa shape index (κ2) is 5.89. The van der Waals surface area contributed by atoms with E-state index in [1.807, 2.05) is 13.8 Å². The molecule has 0 bridgehead atoms. The first kappa shape index (κ1) is 12.2. The lowest BCUT2D eigenvalue weighted by Crippen LogP contribution is -2.26. The predicted molar refractivity (Wildman–Crippen MR) is 63.8 cm³/mol. The van der Waals surface area contributed by atoms with Crippen LogP contribution in [0.4, 0.5) is 0 Å². The molecule has 0 saturated heterocycles. The molecule has 2 nitrogen and oxygen atoms in total. The number of hydrogen-bond donors (Lipinski definition) is 1. The third-order valence-corrected chi connectivity index (χ3v) is 2.71. The highest BCUT2D eigenvalue weighted by molar-refractivity contribution is 5.25. The van der Waals surface area contributed by atoms with Crippen molar-refractivity contribution in [2.45, 2.75) is 39.3 Å². The fourth-order valence-corrected chi connectivity index (χ4v) is 1.61. The molecular weight excluding hydrogens is 186 g/mol. The number of ether oxygens (including phenoxy) is 1. The molecule has 1 aromatic rings. The van der Waals surface area contributed by atoms with Crippen LogP contribution in [0.3, 0.4) is 0 Å². The third kappa shape index (κ3) is 3.33. The van der Waals surface area contributed by atoms with Gasteiger partial charge in [-0.15, -0.1) is 0 Å². The average molecular weight is 207 g/mol. The van der Waals surface area contributed by atoms with Crippen molar-refractivity contribution in [3.63, 3.8) is 0 Å². The van der Waals surface area contributed by atoms with E-state index in [0.717, 1.165) is 12.0 Å². The van der Waals surface area contributed by atoms with Gasteiger partial charge < -0.3 is 10.5 Å². The second-order valence-corrected chi connectivity index (χ2v) is 3.78. The van der Waals surface area contributed by atoms with Crippen molar-refractivity contribution >= 4 is 0 Å². The van der Waals surface area contributed by atoms with E-state index in [2.05, 4.69) is 31.2 Å².